The standard InChI is InChI=1S/C21H18FN3O4/c1-21(2,3)29-20(28)23-10-11-4-6-13-15(8-11)24-18-17(26)14-9-12(22)5-7-16(14)25(18)19(13)27/h4-9H,10H2,1-3H3,(H,23,28). The van der Waals surface area contributed by atoms with Crippen LogP contribution in [-0.4, -0.2) is 27.0 Å². The fourth-order valence-corrected chi connectivity index (χ4v) is 3.21. The summed E-state index contributed by atoms with van der Waals surface area (Å²) in [7, 11) is 0. The number of hydrogen-bond donors (Lipinski definition) is 1. The van der Waals surface area contributed by atoms with Gasteiger partial charge in [0.1, 0.15) is 11.4 Å². The summed E-state index contributed by atoms with van der Waals surface area (Å²) in [5, 5.41) is 2.95. The van der Waals surface area contributed by atoms with Crippen molar-refractivity contribution in [1.29, 1.82) is 0 Å². The van der Waals surface area contributed by atoms with Gasteiger partial charge in [0.05, 0.1) is 22.2 Å². The maximum atomic E-state index is 13.5. The van der Waals surface area contributed by atoms with Crippen LogP contribution in [-0.2, 0) is 11.3 Å². The van der Waals surface area contributed by atoms with Gasteiger partial charge < -0.3 is 10.1 Å². The molecule has 0 saturated carbocycles. The predicted molar refractivity (Wildman–Crippen MR) is 104 cm³/mol. The number of fused-ring (bicyclic) bond motifs is 4. The van der Waals surface area contributed by atoms with Crippen LogP contribution >= 0.6 is 0 Å². The largest absolute Gasteiger partial charge is 0.444 e. The Hall–Kier alpha value is -3.55. The lowest BCUT2D eigenvalue weighted by molar-refractivity contribution is 0.0523. The first-order valence-electron chi connectivity index (χ1n) is 9.01. The van der Waals surface area contributed by atoms with E-state index in [-0.39, 0.29) is 17.9 Å². The van der Waals surface area contributed by atoms with E-state index in [0.29, 0.717) is 22.2 Å². The first-order chi connectivity index (χ1) is 13.6. The van der Waals surface area contributed by atoms with E-state index in [9.17, 15) is 18.8 Å². The Labute approximate surface area is 165 Å². The van der Waals surface area contributed by atoms with E-state index in [1.165, 1.54) is 16.7 Å². The van der Waals surface area contributed by atoms with Crippen molar-refractivity contribution in [2.75, 3.05) is 0 Å². The maximum Gasteiger partial charge on any atom is 0.407 e. The van der Waals surface area contributed by atoms with Crippen molar-refractivity contribution in [1.82, 2.24) is 14.9 Å². The van der Waals surface area contributed by atoms with Crippen LogP contribution in [0, 0.1) is 5.82 Å². The average molecular weight is 395 g/mol. The van der Waals surface area contributed by atoms with Gasteiger partial charge in [-0.15, -0.1) is 0 Å². The first kappa shape index (κ1) is 18.8. The zero-order valence-corrected chi connectivity index (χ0v) is 16.1. The fourth-order valence-electron chi connectivity index (χ4n) is 3.21. The molecule has 7 nitrogen and oxygen atoms in total. The number of ketones is 1. The van der Waals surface area contributed by atoms with Crippen LogP contribution in [0.25, 0.3) is 16.6 Å². The van der Waals surface area contributed by atoms with Gasteiger partial charge in [-0.2, -0.15) is 0 Å². The molecular weight excluding hydrogens is 377 g/mol. The molecule has 0 bridgehead atoms. The highest BCUT2D eigenvalue weighted by molar-refractivity contribution is 6.13. The molecule has 0 spiro atoms. The molecule has 1 aliphatic heterocycles. The average Bonchev–Trinajstić information content (AvgIpc) is 2.91. The third-order valence-corrected chi connectivity index (χ3v) is 4.42. The van der Waals surface area contributed by atoms with Crippen LogP contribution in [0.3, 0.4) is 0 Å². The minimum absolute atomic E-state index is 0.0552. The number of rotatable bonds is 2. The Kier molecular flexibility index (Phi) is 4.22. The number of benzene rings is 2. The molecule has 2 heterocycles. The minimum Gasteiger partial charge on any atom is -0.444 e. The van der Waals surface area contributed by atoms with Gasteiger partial charge in [0, 0.05) is 6.54 Å². The normalized spacial score (nSPS) is 12.6. The summed E-state index contributed by atoms with van der Waals surface area (Å²) in [6.07, 6.45) is -0.563. The summed E-state index contributed by atoms with van der Waals surface area (Å²) in [6, 6.07) is 8.61. The van der Waals surface area contributed by atoms with Gasteiger partial charge in [-0.3, -0.25) is 14.2 Å². The second-order valence-electron chi connectivity index (χ2n) is 7.77. The SMILES string of the molecule is CC(C)(C)OC(=O)NCc1ccc2c(=O)n3c(nc2c1)C(=O)c1cc(F)ccc1-3. The first-order valence-corrected chi connectivity index (χ1v) is 9.01. The molecule has 148 valence electrons. The molecule has 1 amide bonds. The second kappa shape index (κ2) is 6.51. The van der Waals surface area contributed by atoms with Crippen molar-refractivity contribution >= 4 is 22.8 Å². The summed E-state index contributed by atoms with van der Waals surface area (Å²) in [5.74, 6) is -1.12. The van der Waals surface area contributed by atoms with Crippen LogP contribution in [0.5, 0.6) is 0 Å². The molecule has 3 aromatic rings. The number of hydrogen-bond acceptors (Lipinski definition) is 5. The van der Waals surface area contributed by atoms with E-state index in [1.807, 2.05) is 0 Å². The van der Waals surface area contributed by atoms with Crippen LogP contribution in [0.1, 0.15) is 42.5 Å². The fraction of sp³-hybridized carbons (Fsp3) is 0.238. The van der Waals surface area contributed by atoms with E-state index in [0.717, 1.165) is 6.07 Å². The lowest BCUT2D eigenvalue weighted by Crippen LogP contribution is -2.32. The lowest BCUT2D eigenvalue weighted by atomic mass is 10.1. The molecule has 0 saturated heterocycles. The predicted octanol–water partition coefficient (Wildman–Crippen LogP) is 3.09. The summed E-state index contributed by atoms with van der Waals surface area (Å²) in [5.41, 5.74) is 0.424. The Balaban J connectivity index is 1.69. The number of aromatic nitrogens is 2. The monoisotopic (exact) mass is 395 g/mol. The van der Waals surface area contributed by atoms with Gasteiger partial charge in [0.2, 0.25) is 5.78 Å². The van der Waals surface area contributed by atoms with E-state index in [4.69, 9.17) is 4.74 Å². The van der Waals surface area contributed by atoms with Gasteiger partial charge >= 0.3 is 6.09 Å². The number of carbonyl (C=O) groups excluding carboxylic acids is 2. The van der Waals surface area contributed by atoms with Crippen LogP contribution in [0.2, 0.25) is 0 Å². The number of halogens is 1. The minimum atomic E-state index is -0.612. The number of amides is 1. The second-order valence-corrected chi connectivity index (χ2v) is 7.77. The molecule has 4 rings (SSSR count). The maximum absolute atomic E-state index is 13.5. The summed E-state index contributed by atoms with van der Waals surface area (Å²) >= 11 is 0. The van der Waals surface area contributed by atoms with Gasteiger partial charge in [-0.1, -0.05) is 6.07 Å². The molecule has 1 aliphatic rings. The number of carbonyl (C=O) groups is 2. The van der Waals surface area contributed by atoms with Crippen molar-refractivity contribution in [2.24, 2.45) is 0 Å². The quantitative estimate of drug-likeness (QED) is 0.563. The Bertz CT molecular complexity index is 1240. The smallest absolute Gasteiger partial charge is 0.407 e. The van der Waals surface area contributed by atoms with E-state index in [1.54, 1.807) is 39.0 Å². The molecule has 1 N–H and O–H groups in total. The highest BCUT2D eigenvalue weighted by Crippen LogP contribution is 2.27. The van der Waals surface area contributed by atoms with E-state index in [2.05, 4.69) is 10.3 Å². The number of nitrogens with zero attached hydrogens (tertiary/aromatic N) is 2. The third kappa shape index (κ3) is 3.37. The van der Waals surface area contributed by atoms with E-state index < -0.39 is 28.9 Å². The van der Waals surface area contributed by atoms with Crippen LogP contribution in [0.15, 0.2) is 41.2 Å². The van der Waals surface area contributed by atoms with Crippen molar-refractivity contribution < 1.29 is 18.7 Å². The van der Waals surface area contributed by atoms with Crippen LogP contribution in [0.4, 0.5) is 9.18 Å². The molecular formula is C21H18FN3O4. The summed E-state index contributed by atoms with van der Waals surface area (Å²) in [6.45, 7) is 5.47. The Morgan fingerprint density at radius 2 is 1.93 bits per heavy atom. The van der Waals surface area contributed by atoms with Crippen LogP contribution < -0.4 is 10.9 Å². The highest BCUT2D eigenvalue weighted by Gasteiger charge is 2.30. The molecule has 2 aromatic carbocycles. The van der Waals surface area contributed by atoms with Gasteiger partial charge in [-0.05, 0) is 56.7 Å². The molecule has 0 atom stereocenters. The Morgan fingerprint density at radius 3 is 2.66 bits per heavy atom. The molecule has 0 unspecified atom stereocenters. The Morgan fingerprint density at radius 1 is 1.17 bits per heavy atom. The van der Waals surface area contributed by atoms with Gasteiger partial charge in [0.15, 0.2) is 5.82 Å². The van der Waals surface area contributed by atoms with Gasteiger partial charge in [-0.25, -0.2) is 14.2 Å². The number of alkyl carbamates (subject to hydrolysis) is 1. The van der Waals surface area contributed by atoms with Crippen molar-refractivity contribution in [3.8, 4) is 5.69 Å². The topological polar surface area (TPSA) is 90.3 Å². The van der Waals surface area contributed by atoms with Gasteiger partial charge in [0.25, 0.3) is 5.56 Å². The van der Waals surface area contributed by atoms with Crippen molar-refractivity contribution in [3.05, 3.63) is 69.5 Å². The number of nitrogens with one attached hydrogen (secondary N) is 1. The van der Waals surface area contributed by atoms with E-state index >= 15 is 0 Å². The number of ether oxygens (including phenoxy) is 1. The van der Waals surface area contributed by atoms with Crippen molar-refractivity contribution in [3.63, 3.8) is 0 Å². The molecule has 0 fully saturated rings. The van der Waals surface area contributed by atoms with Crippen molar-refractivity contribution in [2.45, 2.75) is 32.9 Å². The molecule has 1 aromatic heterocycles. The molecule has 0 radical (unpaired) electrons. The molecule has 29 heavy (non-hydrogen) atoms. The lowest BCUT2D eigenvalue weighted by Gasteiger charge is -2.19. The molecule has 0 aliphatic carbocycles. The third-order valence-electron chi connectivity index (χ3n) is 4.42. The highest BCUT2D eigenvalue weighted by atomic mass is 19.1. The molecule has 8 heteroatoms. The zero-order chi connectivity index (χ0) is 20.9. The zero-order valence-electron chi connectivity index (χ0n) is 16.1. The summed E-state index contributed by atoms with van der Waals surface area (Å²) < 4.78 is 19.9. The summed E-state index contributed by atoms with van der Waals surface area (Å²) in [4.78, 5) is 41.7.